The van der Waals surface area contributed by atoms with Crippen molar-refractivity contribution < 1.29 is 0 Å². The lowest BCUT2D eigenvalue weighted by molar-refractivity contribution is 0.971. The first kappa shape index (κ1) is 12.6. The Labute approximate surface area is 118 Å². The molecule has 0 fully saturated rings. The average Bonchev–Trinajstić information content (AvgIpc) is 2.83. The first-order valence-electron chi connectivity index (χ1n) is 6.71. The molecule has 0 radical (unpaired) electrons. The van der Waals surface area contributed by atoms with Gasteiger partial charge in [-0.1, -0.05) is 47.5 Å². The Morgan fingerprint density at radius 3 is 1.85 bits per heavy atom. The predicted octanol–water partition coefficient (Wildman–Crippen LogP) is 3.86. The molecule has 3 aromatic rings. The Morgan fingerprint density at radius 1 is 0.700 bits per heavy atom. The van der Waals surface area contributed by atoms with Crippen LogP contribution < -0.4 is 0 Å². The van der Waals surface area contributed by atoms with Gasteiger partial charge in [0.2, 0.25) is 0 Å². The molecule has 0 unspecified atom stereocenters. The number of aryl methyl sites for hydroxylation is 3. The Bertz CT molecular complexity index is 722. The number of hydrogen-bond acceptors (Lipinski definition) is 2. The van der Waals surface area contributed by atoms with Gasteiger partial charge in [0, 0.05) is 11.3 Å². The molecule has 3 heteroatoms. The number of benzene rings is 2. The van der Waals surface area contributed by atoms with Gasteiger partial charge in [0.25, 0.3) is 0 Å². The van der Waals surface area contributed by atoms with Crippen LogP contribution in [0.3, 0.4) is 0 Å². The highest BCUT2D eigenvalue weighted by atomic mass is 15.3. The summed E-state index contributed by atoms with van der Waals surface area (Å²) in [5, 5.41) is 8.55. The molecule has 0 aliphatic rings. The van der Waals surface area contributed by atoms with Gasteiger partial charge in [0.05, 0.1) is 0 Å². The van der Waals surface area contributed by atoms with Gasteiger partial charge in [0.1, 0.15) is 5.82 Å². The normalized spacial score (nSPS) is 10.8. The van der Waals surface area contributed by atoms with Gasteiger partial charge in [0.15, 0.2) is 5.82 Å². The SMILES string of the molecule is Cc1ccc(-c2nnc(C)n2-c2ccc(C)cc2)cc1. The van der Waals surface area contributed by atoms with Gasteiger partial charge in [-0.3, -0.25) is 4.57 Å². The molecule has 1 heterocycles. The summed E-state index contributed by atoms with van der Waals surface area (Å²) in [7, 11) is 0. The molecule has 0 N–H and O–H groups in total. The zero-order chi connectivity index (χ0) is 14.1. The predicted molar refractivity (Wildman–Crippen MR) is 81.0 cm³/mol. The van der Waals surface area contributed by atoms with Gasteiger partial charge in [-0.2, -0.15) is 0 Å². The van der Waals surface area contributed by atoms with Crippen molar-refractivity contribution in [2.75, 3.05) is 0 Å². The molecule has 0 amide bonds. The van der Waals surface area contributed by atoms with Crippen LogP contribution in [0, 0.1) is 20.8 Å². The molecule has 0 saturated carbocycles. The average molecular weight is 263 g/mol. The number of aromatic nitrogens is 3. The van der Waals surface area contributed by atoms with Crippen LogP contribution in [0.4, 0.5) is 0 Å². The number of rotatable bonds is 2. The first-order valence-corrected chi connectivity index (χ1v) is 6.71. The number of nitrogens with zero attached hydrogens (tertiary/aromatic N) is 3. The summed E-state index contributed by atoms with van der Waals surface area (Å²) in [5.74, 6) is 1.77. The van der Waals surface area contributed by atoms with Crippen LogP contribution in [0.25, 0.3) is 17.1 Å². The fraction of sp³-hybridized carbons (Fsp3) is 0.176. The third-order valence-electron chi connectivity index (χ3n) is 3.43. The van der Waals surface area contributed by atoms with Crippen molar-refractivity contribution in [3.63, 3.8) is 0 Å². The van der Waals surface area contributed by atoms with Crippen molar-refractivity contribution in [1.82, 2.24) is 14.8 Å². The van der Waals surface area contributed by atoms with Crippen LogP contribution in [0.1, 0.15) is 17.0 Å². The zero-order valence-corrected chi connectivity index (χ0v) is 12.0. The maximum Gasteiger partial charge on any atom is 0.168 e. The maximum absolute atomic E-state index is 4.33. The van der Waals surface area contributed by atoms with Crippen LogP contribution in [0.5, 0.6) is 0 Å². The van der Waals surface area contributed by atoms with Gasteiger partial charge in [-0.05, 0) is 32.9 Å². The molecule has 2 aromatic carbocycles. The highest BCUT2D eigenvalue weighted by Crippen LogP contribution is 2.23. The standard InChI is InChI=1S/C17H17N3/c1-12-4-8-15(9-5-12)17-19-18-14(3)20(17)16-10-6-13(2)7-11-16/h4-11H,1-3H3. The lowest BCUT2D eigenvalue weighted by Crippen LogP contribution is -1.99. The molecule has 3 nitrogen and oxygen atoms in total. The van der Waals surface area contributed by atoms with Crippen LogP contribution in [-0.4, -0.2) is 14.8 Å². The summed E-state index contributed by atoms with van der Waals surface area (Å²) < 4.78 is 2.09. The Balaban J connectivity index is 2.14. The van der Waals surface area contributed by atoms with Gasteiger partial charge in [-0.25, -0.2) is 0 Å². The second-order valence-electron chi connectivity index (χ2n) is 5.11. The molecule has 0 atom stereocenters. The van der Waals surface area contributed by atoms with E-state index in [0.29, 0.717) is 0 Å². The van der Waals surface area contributed by atoms with Gasteiger partial charge >= 0.3 is 0 Å². The van der Waals surface area contributed by atoms with E-state index >= 15 is 0 Å². The van der Waals surface area contributed by atoms with Gasteiger partial charge < -0.3 is 0 Å². The van der Waals surface area contributed by atoms with Crippen molar-refractivity contribution in [2.45, 2.75) is 20.8 Å². The van der Waals surface area contributed by atoms with Crippen molar-refractivity contribution in [3.8, 4) is 17.1 Å². The van der Waals surface area contributed by atoms with E-state index in [1.54, 1.807) is 0 Å². The molecule has 0 bridgehead atoms. The first-order chi connectivity index (χ1) is 9.65. The van der Waals surface area contributed by atoms with E-state index in [-0.39, 0.29) is 0 Å². The van der Waals surface area contributed by atoms with Gasteiger partial charge in [-0.15, -0.1) is 10.2 Å². The van der Waals surface area contributed by atoms with Crippen LogP contribution in [0.15, 0.2) is 48.5 Å². The molecular formula is C17H17N3. The summed E-state index contributed by atoms with van der Waals surface area (Å²) >= 11 is 0. The van der Waals surface area contributed by atoms with E-state index in [2.05, 4.69) is 77.1 Å². The van der Waals surface area contributed by atoms with Crippen molar-refractivity contribution >= 4 is 0 Å². The summed E-state index contributed by atoms with van der Waals surface area (Å²) in [5.41, 5.74) is 4.66. The van der Waals surface area contributed by atoms with E-state index in [9.17, 15) is 0 Å². The van der Waals surface area contributed by atoms with Crippen molar-refractivity contribution in [1.29, 1.82) is 0 Å². The monoisotopic (exact) mass is 263 g/mol. The Kier molecular flexibility index (Phi) is 3.11. The van der Waals surface area contributed by atoms with Crippen LogP contribution in [0.2, 0.25) is 0 Å². The largest absolute Gasteiger partial charge is 0.279 e. The van der Waals surface area contributed by atoms with E-state index in [1.165, 1.54) is 11.1 Å². The number of hydrogen-bond donors (Lipinski definition) is 0. The quantitative estimate of drug-likeness (QED) is 0.703. The topological polar surface area (TPSA) is 30.7 Å². The molecule has 0 saturated heterocycles. The lowest BCUT2D eigenvalue weighted by atomic mass is 10.1. The zero-order valence-electron chi connectivity index (χ0n) is 12.0. The Morgan fingerprint density at radius 2 is 1.25 bits per heavy atom. The van der Waals surface area contributed by atoms with Crippen molar-refractivity contribution in [2.24, 2.45) is 0 Å². The van der Waals surface area contributed by atoms with E-state index < -0.39 is 0 Å². The maximum atomic E-state index is 4.33. The van der Waals surface area contributed by atoms with E-state index in [0.717, 1.165) is 22.9 Å². The highest BCUT2D eigenvalue weighted by molar-refractivity contribution is 5.59. The summed E-state index contributed by atoms with van der Waals surface area (Å²) in [6, 6.07) is 16.8. The molecule has 100 valence electrons. The van der Waals surface area contributed by atoms with E-state index in [1.807, 2.05) is 6.92 Å². The lowest BCUT2D eigenvalue weighted by Gasteiger charge is -2.09. The van der Waals surface area contributed by atoms with Crippen LogP contribution in [-0.2, 0) is 0 Å². The minimum absolute atomic E-state index is 0.881. The minimum atomic E-state index is 0.881. The third-order valence-corrected chi connectivity index (χ3v) is 3.43. The second kappa shape index (κ2) is 4.93. The van der Waals surface area contributed by atoms with Crippen molar-refractivity contribution in [3.05, 3.63) is 65.5 Å². The molecule has 1 aromatic heterocycles. The molecule has 3 rings (SSSR count). The molecule has 0 aliphatic carbocycles. The smallest absolute Gasteiger partial charge is 0.168 e. The molecule has 20 heavy (non-hydrogen) atoms. The molecule has 0 aliphatic heterocycles. The fourth-order valence-corrected chi connectivity index (χ4v) is 2.25. The molecular weight excluding hydrogens is 246 g/mol. The van der Waals surface area contributed by atoms with E-state index in [4.69, 9.17) is 0 Å². The van der Waals surface area contributed by atoms with Crippen LogP contribution >= 0.6 is 0 Å². The third kappa shape index (κ3) is 2.23. The Hall–Kier alpha value is -2.42. The summed E-state index contributed by atoms with van der Waals surface area (Å²) in [4.78, 5) is 0. The minimum Gasteiger partial charge on any atom is -0.279 e. The fourth-order valence-electron chi connectivity index (χ4n) is 2.25. The summed E-state index contributed by atoms with van der Waals surface area (Å²) in [6.45, 7) is 6.15. The summed E-state index contributed by atoms with van der Waals surface area (Å²) in [6.07, 6.45) is 0. The highest BCUT2D eigenvalue weighted by Gasteiger charge is 2.12. The second-order valence-corrected chi connectivity index (χ2v) is 5.11. The molecule has 0 spiro atoms.